The van der Waals surface area contributed by atoms with Crippen molar-refractivity contribution in [2.75, 3.05) is 14.2 Å². The Balaban J connectivity index is 2.27. The number of hydroxylamine groups is 2. The van der Waals surface area contributed by atoms with E-state index in [9.17, 15) is 10.0 Å². The summed E-state index contributed by atoms with van der Waals surface area (Å²) in [6.45, 7) is 0. The number of methoxy groups -OCH3 is 1. The van der Waals surface area contributed by atoms with Gasteiger partial charge >= 0.3 is 0 Å². The first kappa shape index (κ1) is 10.6. The summed E-state index contributed by atoms with van der Waals surface area (Å²) in [6.07, 6.45) is 6.86. The third-order valence-electron chi connectivity index (χ3n) is 3.68. The second-order valence-corrected chi connectivity index (χ2v) is 4.47. The van der Waals surface area contributed by atoms with Crippen molar-refractivity contribution in [1.29, 1.82) is 0 Å². The Bertz CT molecular complexity index is 300. The molecule has 1 fully saturated rings. The predicted octanol–water partition coefficient (Wildman–Crippen LogP) is 1.21. The molecule has 0 aromatic heterocycles. The molecule has 15 heavy (non-hydrogen) atoms. The maximum Gasteiger partial charge on any atom is 0.252 e. The Kier molecular flexibility index (Phi) is 2.56. The quantitative estimate of drug-likeness (QED) is 0.424. The molecule has 3 aliphatic carbocycles. The Morgan fingerprint density at radius 3 is 2.87 bits per heavy atom. The van der Waals surface area contributed by atoms with Gasteiger partial charge in [-0.2, -0.15) is 0 Å². The van der Waals surface area contributed by atoms with E-state index in [1.54, 1.807) is 7.11 Å². The highest BCUT2D eigenvalue weighted by atomic mass is 16.5. The molecule has 3 unspecified atom stereocenters. The van der Waals surface area contributed by atoms with E-state index in [-0.39, 0.29) is 11.8 Å². The minimum absolute atomic E-state index is 0.235. The number of rotatable bonds is 2. The van der Waals surface area contributed by atoms with Crippen molar-refractivity contribution in [3.63, 3.8) is 0 Å². The van der Waals surface area contributed by atoms with Crippen LogP contribution in [0.3, 0.4) is 0 Å². The molecular formula is C11H17NO3. The average Bonchev–Trinajstić information content (AvgIpc) is 2.29. The molecule has 2 bridgehead atoms. The van der Waals surface area contributed by atoms with E-state index in [0.29, 0.717) is 11.0 Å². The lowest BCUT2D eigenvalue weighted by atomic mass is 9.65. The zero-order chi connectivity index (χ0) is 11.1. The van der Waals surface area contributed by atoms with Gasteiger partial charge in [0.25, 0.3) is 5.91 Å². The molecule has 1 saturated carbocycles. The molecular weight excluding hydrogens is 194 g/mol. The number of hydrogen-bond acceptors (Lipinski definition) is 3. The molecule has 0 aromatic carbocycles. The first-order valence-electron chi connectivity index (χ1n) is 5.30. The summed E-state index contributed by atoms with van der Waals surface area (Å²) in [7, 11) is 3.01. The molecule has 0 spiro atoms. The summed E-state index contributed by atoms with van der Waals surface area (Å²) in [5.41, 5.74) is -0.483. The molecule has 3 rings (SSSR count). The van der Waals surface area contributed by atoms with Crippen LogP contribution in [0.2, 0.25) is 0 Å². The van der Waals surface area contributed by atoms with Crippen molar-refractivity contribution in [3.05, 3.63) is 12.2 Å². The highest BCUT2D eigenvalue weighted by Gasteiger charge is 2.49. The van der Waals surface area contributed by atoms with Crippen LogP contribution in [0.15, 0.2) is 12.2 Å². The van der Waals surface area contributed by atoms with E-state index in [0.717, 1.165) is 19.3 Å². The fourth-order valence-corrected chi connectivity index (χ4v) is 2.73. The van der Waals surface area contributed by atoms with E-state index < -0.39 is 5.60 Å². The summed E-state index contributed by atoms with van der Waals surface area (Å²) in [5.74, 6) is -0.0110. The van der Waals surface area contributed by atoms with Crippen LogP contribution in [0, 0.1) is 11.8 Å². The highest BCUT2D eigenvalue weighted by Crippen LogP contribution is 2.45. The number of fused-ring (bicyclic) bond motifs is 2. The van der Waals surface area contributed by atoms with Crippen LogP contribution >= 0.6 is 0 Å². The summed E-state index contributed by atoms with van der Waals surface area (Å²) < 4.78 is 5.50. The van der Waals surface area contributed by atoms with Gasteiger partial charge in [0.15, 0.2) is 0 Å². The molecule has 4 nitrogen and oxygen atoms in total. The van der Waals surface area contributed by atoms with E-state index in [4.69, 9.17) is 4.74 Å². The van der Waals surface area contributed by atoms with E-state index in [1.165, 1.54) is 7.05 Å². The molecule has 0 radical (unpaired) electrons. The van der Waals surface area contributed by atoms with Gasteiger partial charge in [0, 0.05) is 14.2 Å². The molecule has 0 aromatic rings. The molecule has 1 N–H and O–H groups in total. The number of allylic oxidation sites excluding steroid dienone is 1. The fraction of sp³-hybridized carbons (Fsp3) is 0.727. The first-order valence-corrected chi connectivity index (χ1v) is 5.30. The SMILES string of the molecule is COC12C=CC(CC1)CC2C(=O)N(C)O. The van der Waals surface area contributed by atoms with E-state index in [1.807, 2.05) is 6.08 Å². The van der Waals surface area contributed by atoms with Gasteiger partial charge < -0.3 is 4.74 Å². The van der Waals surface area contributed by atoms with Gasteiger partial charge in [0.2, 0.25) is 0 Å². The number of ether oxygens (including phenoxy) is 1. The van der Waals surface area contributed by atoms with Gasteiger partial charge in [0.1, 0.15) is 0 Å². The largest absolute Gasteiger partial charge is 0.373 e. The summed E-state index contributed by atoms with van der Waals surface area (Å²) >= 11 is 0. The zero-order valence-electron chi connectivity index (χ0n) is 9.14. The van der Waals surface area contributed by atoms with Crippen LogP contribution in [0.5, 0.6) is 0 Å². The predicted molar refractivity (Wildman–Crippen MR) is 54.3 cm³/mol. The molecule has 84 valence electrons. The van der Waals surface area contributed by atoms with Crippen LogP contribution in [0.4, 0.5) is 0 Å². The maximum atomic E-state index is 11.8. The second kappa shape index (κ2) is 3.61. The van der Waals surface area contributed by atoms with Crippen LogP contribution in [-0.2, 0) is 9.53 Å². The number of hydrogen-bond donors (Lipinski definition) is 1. The number of amides is 1. The molecule has 0 heterocycles. The van der Waals surface area contributed by atoms with Gasteiger partial charge in [-0.15, -0.1) is 0 Å². The first-order chi connectivity index (χ1) is 7.09. The summed E-state index contributed by atoms with van der Waals surface area (Å²) in [5, 5.41) is 9.90. The van der Waals surface area contributed by atoms with Gasteiger partial charge in [-0.25, -0.2) is 5.06 Å². The molecule has 4 heteroatoms. The third kappa shape index (κ3) is 1.58. The number of nitrogens with zero attached hydrogens (tertiary/aromatic N) is 1. The number of carbonyl (C=O) groups is 1. The van der Waals surface area contributed by atoms with Crippen molar-refractivity contribution in [2.45, 2.75) is 24.9 Å². The van der Waals surface area contributed by atoms with Gasteiger partial charge in [0.05, 0.1) is 11.5 Å². The zero-order valence-corrected chi connectivity index (χ0v) is 9.14. The van der Waals surface area contributed by atoms with E-state index >= 15 is 0 Å². The topological polar surface area (TPSA) is 49.8 Å². The lowest BCUT2D eigenvalue weighted by Crippen LogP contribution is -2.52. The monoisotopic (exact) mass is 211 g/mol. The van der Waals surface area contributed by atoms with Gasteiger partial charge in [-0.1, -0.05) is 12.2 Å². The Labute approximate surface area is 89.5 Å². The van der Waals surface area contributed by atoms with E-state index in [2.05, 4.69) is 6.08 Å². The molecule has 3 atom stereocenters. The average molecular weight is 211 g/mol. The van der Waals surface area contributed by atoms with Crippen molar-refractivity contribution in [1.82, 2.24) is 5.06 Å². The van der Waals surface area contributed by atoms with Crippen molar-refractivity contribution < 1.29 is 14.7 Å². The number of carbonyl (C=O) groups excluding carboxylic acids is 1. The molecule has 0 aliphatic heterocycles. The fourth-order valence-electron chi connectivity index (χ4n) is 2.73. The lowest BCUT2D eigenvalue weighted by molar-refractivity contribution is -0.177. The van der Waals surface area contributed by atoms with Crippen molar-refractivity contribution in [2.24, 2.45) is 11.8 Å². The third-order valence-corrected chi connectivity index (χ3v) is 3.68. The second-order valence-electron chi connectivity index (χ2n) is 4.47. The summed E-state index contributed by atoms with van der Waals surface area (Å²) in [4.78, 5) is 11.8. The molecule has 0 saturated heterocycles. The Morgan fingerprint density at radius 1 is 1.67 bits per heavy atom. The standard InChI is InChI=1S/C11H17NO3/c1-12(14)10(13)9-7-8-3-5-11(9,15-2)6-4-8/h3,5,8-9,14H,4,6-7H2,1-2H3. The molecule has 3 aliphatic rings. The van der Waals surface area contributed by atoms with Crippen molar-refractivity contribution >= 4 is 5.91 Å². The Hall–Kier alpha value is -0.870. The maximum absolute atomic E-state index is 11.8. The lowest BCUT2D eigenvalue weighted by Gasteiger charge is -2.46. The van der Waals surface area contributed by atoms with Crippen molar-refractivity contribution in [3.8, 4) is 0 Å². The van der Waals surface area contributed by atoms with Gasteiger partial charge in [-0.05, 0) is 25.2 Å². The smallest absolute Gasteiger partial charge is 0.252 e. The van der Waals surface area contributed by atoms with Crippen LogP contribution < -0.4 is 0 Å². The van der Waals surface area contributed by atoms with Crippen LogP contribution in [0.25, 0.3) is 0 Å². The normalized spacial score (nSPS) is 38.1. The minimum Gasteiger partial charge on any atom is -0.373 e. The molecule has 1 amide bonds. The van der Waals surface area contributed by atoms with Crippen LogP contribution in [-0.4, -0.2) is 35.9 Å². The Morgan fingerprint density at radius 2 is 2.40 bits per heavy atom. The minimum atomic E-state index is -0.483. The van der Waals surface area contributed by atoms with Gasteiger partial charge in [-0.3, -0.25) is 10.0 Å². The van der Waals surface area contributed by atoms with Crippen LogP contribution in [0.1, 0.15) is 19.3 Å². The summed E-state index contributed by atoms with van der Waals surface area (Å²) in [6, 6.07) is 0. The highest BCUT2D eigenvalue weighted by molar-refractivity contribution is 5.79.